The molecule has 2 fully saturated rings. The Bertz CT molecular complexity index is 620. The van der Waals surface area contributed by atoms with Crippen molar-refractivity contribution >= 4 is 11.9 Å². The van der Waals surface area contributed by atoms with Crippen molar-refractivity contribution in [3.8, 4) is 0 Å². The number of hydrogen-bond acceptors (Lipinski definition) is 3. The van der Waals surface area contributed by atoms with Gasteiger partial charge in [-0.1, -0.05) is 37.3 Å². The fourth-order valence-electron chi connectivity index (χ4n) is 4.14. The number of carbonyl (C=O) groups excluding carboxylic acids is 2. The van der Waals surface area contributed by atoms with E-state index < -0.39 is 0 Å². The van der Waals surface area contributed by atoms with E-state index in [9.17, 15) is 9.59 Å². The van der Waals surface area contributed by atoms with E-state index in [1.807, 2.05) is 6.07 Å². The Morgan fingerprint density at radius 3 is 2.30 bits per heavy atom. The second-order valence-corrected chi connectivity index (χ2v) is 7.99. The minimum absolute atomic E-state index is 0.0378. The summed E-state index contributed by atoms with van der Waals surface area (Å²) in [6.07, 6.45) is 3.74. The SMILES string of the molecule is CC1CCN([C@@H](CNC(=O)N2CCC(C(N)=O)CC2)c2ccccc2)CC1. The van der Waals surface area contributed by atoms with E-state index in [1.54, 1.807) is 4.90 Å². The topological polar surface area (TPSA) is 78.7 Å². The van der Waals surface area contributed by atoms with Gasteiger partial charge in [-0.15, -0.1) is 0 Å². The first kappa shape index (κ1) is 19.7. The van der Waals surface area contributed by atoms with Gasteiger partial charge < -0.3 is 16.0 Å². The molecule has 27 heavy (non-hydrogen) atoms. The number of likely N-dealkylation sites (tertiary alicyclic amines) is 2. The number of hydrogen-bond donors (Lipinski definition) is 2. The molecule has 1 aromatic rings. The molecule has 3 amide bonds. The molecule has 0 radical (unpaired) electrons. The number of nitrogens with two attached hydrogens (primary N) is 1. The van der Waals surface area contributed by atoms with Crippen LogP contribution in [0.3, 0.4) is 0 Å². The minimum Gasteiger partial charge on any atom is -0.369 e. The first-order chi connectivity index (χ1) is 13.0. The number of amides is 3. The molecule has 6 heteroatoms. The second-order valence-electron chi connectivity index (χ2n) is 7.99. The molecule has 6 nitrogen and oxygen atoms in total. The van der Waals surface area contributed by atoms with Crippen LogP contribution >= 0.6 is 0 Å². The van der Waals surface area contributed by atoms with E-state index in [0.29, 0.717) is 32.5 Å². The second kappa shape index (κ2) is 9.22. The standard InChI is InChI=1S/C21H32N4O2/c1-16-7-11-24(12-8-16)19(17-5-3-2-4-6-17)15-23-21(27)25-13-9-18(10-14-25)20(22)26/h2-6,16,18-19H,7-15H2,1H3,(H2,22,26)(H,23,27)/t19-/m0/s1. The van der Waals surface area contributed by atoms with E-state index in [0.717, 1.165) is 19.0 Å². The van der Waals surface area contributed by atoms with Crippen molar-refractivity contribution in [3.63, 3.8) is 0 Å². The third-order valence-electron chi connectivity index (χ3n) is 6.07. The number of nitrogens with one attached hydrogen (secondary N) is 1. The van der Waals surface area contributed by atoms with Gasteiger partial charge in [0.2, 0.25) is 5.91 Å². The number of benzene rings is 1. The van der Waals surface area contributed by atoms with Gasteiger partial charge >= 0.3 is 6.03 Å². The molecule has 3 rings (SSSR count). The molecule has 2 aliphatic heterocycles. The van der Waals surface area contributed by atoms with Crippen LogP contribution in [0, 0.1) is 11.8 Å². The highest BCUT2D eigenvalue weighted by Crippen LogP contribution is 2.26. The predicted octanol–water partition coefficient (Wildman–Crippen LogP) is 2.37. The van der Waals surface area contributed by atoms with Crippen LogP contribution in [-0.4, -0.2) is 54.5 Å². The van der Waals surface area contributed by atoms with Gasteiger partial charge in [-0.25, -0.2) is 4.79 Å². The lowest BCUT2D eigenvalue weighted by atomic mass is 9.95. The van der Waals surface area contributed by atoms with Gasteiger partial charge in [0.15, 0.2) is 0 Å². The van der Waals surface area contributed by atoms with Gasteiger partial charge in [-0.05, 0) is 50.3 Å². The fourth-order valence-corrected chi connectivity index (χ4v) is 4.14. The number of carbonyl (C=O) groups is 2. The molecular weight excluding hydrogens is 340 g/mol. The van der Waals surface area contributed by atoms with Gasteiger partial charge in [-0.3, -0.25) is 9.69 Å². The Hall–Kier alpha value is -2.08. The first-order valence-electron chi connectivity index (χ1n) is 10.2. The molecule has 2 aliphatic rings. The summed E-state index contributed by atoms with van der Waals surface area (Å²) in [5, 5.41) is 3.13. The molecule has 148 valence electrons. The molecule has 2 heterocycles. The number of rotatable bonds is 5. The number of primary amides is 1. The highest BCUT2D eigenvalue weighted by Gasteiger charge is 2.28. The lowest BCUT2D eigenvalue weighted by Gasteiger charge is -2.38. The molecule has 1 aromatic carbocycles. The lowest BCUT2D eigenvalue weighted by Crippen LogP contribution is -2.49. The predicted molar refractivity (Wildman–Crippen MR) is 106 cm³/mol. The normalized spacial score (nSPS) is 21.0. The Morgan fingerprint density at radius 2 is 1.70 bits per heavy atom. The van der Waals surface area contributed by atoms with Gasteiger partial charge in [0.05, 0.1) is 6.04 Å². The zero-order valence-electron chi connectivity index (χ0n) is 16.3. The van der Waals surface area contributed by atoms with E-state index in [2.05, 4.69) is 41.4 Å². The van der Waals surface area contributed by atoms with Gasteiger partial charge in [-0.2, -0.15) is 0 Å². The molecule has 0 aliphatic carbocycles. The summed E-state index contributed by atoms with van der Waals surface area (Å²) in [7, 11) is 0. The quantitative estimate of drug-likeness (QED) is 0.833. The Labute approximate surface area is 162 Å². The van der Waals surface area contributed by atoms with Crippen LogP contribution in [0.5, 0.6) is 0 Å². The average Bonchev–Trinajstić information content (AvgIpc) is 2.70. The zero-order valence-corrected chi connectivity index (χ0v) is 16.3. The van der Waals surface area contributed by atoms with Gasteiger partial charge in [0.25, 0.3) is 0 Å². The molecule has 0 spiro atoms. The highest BCUT2D eigenvalue weighted by molar-refractivity contribution is 5.78. The third kappa shape index (κ3) is 5.22. The summed E-state index contributed by atoms with van der Waals surface area (Å²) in [5.74, 6) is 0.429. The van der Waals surface area contributed by atoms with Crippen molar-refractivity contribution in [2.45, 2.75) is 38.6 Å². The number of urea groups is 1. The van der Waals surface area contributed by atoms with Crippen LogP contribution in [0.15, 0.2) is 30.3 Å². The molecule has 2 saturated heterocycles. The van der Waals surface area contributed by atoms with Gasteiger partial charge in [0.1, 0.15) is 0 Å². The van der Waals surface area contributed by atoms with Crippen molar-refractivity contribution in [2.75, 3.05) is 32.7 Å². The van der Waals surface area contributed by atoms with E-state index in [4.69, 9.17) is 5.73 Å². The molecule has 3 N–H and O–H groups in total. The lowest BCUT2D eigenvalue weighted by molar-refractivity contribution is -0.123. The third-order valence-corrected chi connectivity index (χ3v) is 6.07. The van der Waals surface area contributed by atoms with E-state index in [-0.39, 0.29) is 23.9 Å². The highest BCUT2D eigenvalue weighted by atomic mass is 16.2. The van der Waals surface area contributed by atoms with Crippen molar-refractivity contribution in [1.82, 2.24) is 15.1 Å². The summed E-state index contributed by atoms with van der Waals surface area (Å²) in [6.45, 7) is 6.24. The van der Waals surface area contributed by atoms with Gasteiger partial charge in [0, 0.05) is 25.6 Å². The monoisotopic (exact) mass is 372 g/mol. The maximum Gasteiger partial charge on any atom is 0.317 e. The minimum atomic E-state index is -0.251. The van der Waals surface area contributed by atoms with Crippen LogP contribution in [0.25, 0.3) is 0 Å². The van der Waals surface area contributed by atoms with Crippen LogP contribution in [-0.2, 0) is 4.79 Å². The average molecular weight is 373 g/mol. The van der Waals surface area contributed by atoms with E-state index >= 15 is 0 Å². The Kier molecular flexibility index (Phi) is 6.72. The Balaban J connectivity index is 1.58. The Morgan fingerprint density at radius 1 is 1.07 bits per heavy atom. The molecule has 1 atom stereocenters. The van der Waals surface area contributed by atoms with Crippen molar-refractivity contribution in [2.24, 2.45) is 17.6 Å². The fraction of sp³-hybridized carbons (Fsp3) is 0.619. The summed E-state index contributed by atoms with van der Waals surface area (Å²) < 4.78 is 0. The van der Waals surface area contributed by atoms with Crippen LogP contribution < -0.4 is 11.1 Å². The van der Waals surface area contributed by atoms with Crippen molar-refractivity contribution in [1.29, 1.82) is 0 Å². The summed E-state index contributed by atoms with van der Waals surface area (Å²) in [5.41, 5.74) is 6.63. The smallest absolute Gasteiger partial charge is 0.317 e. The van der Waals surface area contributed by atoms with Crippen LogP contribution in [0.4, 0.5) is 4.79 Å². The maximum atomic E-state index is 12.6. The van der Waals surface area contributed by atoms with Crippen LogP contribution in [0.1, 0.15) is 44.2 Å². The molecule has 0 aromatic heterocycles. The summed E-state index contributed by atoms with van der Waals surface area (Å²) in [4.78, 5) is 28.2. The molecule has 0 saturated carbocycles. The van der Waals surface area contributed by atoms with Crippen molar-refractivity contribution < 1.29 is 9.59 Å². The van der Waals surface area contributed by atoms with E-state index in [1.165, 1.54) is 18.4 Å². The largest absolute Gasteiger partial charge is 0.369 e. The summed E-state index contributed by atoms with van der Waals surface area (Å²) in [6, 6.07) is 10.6. The maximum absolute atomic E-state index is 12.6. The molecule has 0 bridgehead atoms. The zero-order chi connectivity index (χ0) is 19.2. The molecule has 0 unspecified atom stereocenters. The summed E-state index contributed by atoms with van der Waals surface area (Å²) >= 11 is 0. The van der Waals surface area contributed by atoms with Crippen LogP contribution in [0.2, 0.25) is 0 Å². The first-order valence-corrected chi connectivity index (χ1v) is 10.2. The number of nitrogens with zero attached hydrogens (tertiary/aromatic N) is 2. The van der Waals surface area contributed by atoms with Crippen molar-refractivity contribution in [3.05, 3.63) is 35.9 Å². The molecular formula is C21H32N4O2. The number of piperidine rings is 2.